The molecule has 1 unspecified atom stereocenters. The number of nitrogens with one attached hydrogen (secondary N) is 1. The number of hydrogen-bond donors (Lipinski definition) is 2. The first-order valence-corrected chi connectivity index (χ1v) is 7.37. The Morgan fingerprint density at radius 1 is 1.40 bits per heavy atom. The number of carboxylic acid groups (broad SMARTS) is 1. The monoisotopic (exact) mass is 277 g/mol. The van der Waals surface area contributed by atoms with Gasteiger partial charge in [0.2, 0.25) is 0 Å². The normalized spacial score (nSPS) is 17.1. The summed E-state index contributed by atoms with van der Waals surface area (Å²) in [4.78, 5) is 11.0. The van der Waals surface area contributed by atoms with Gasteiger partial charge in [-0.05, 0) is 37.8 Å². The number of hydrogen-bond acceptors (Lipinski definition) is 3. The zero-order valence-electron chi connectivity index (χ0n) is 12.0. The van der Waals surface area contributed by atoms with E-state index in [1.165, 1.54) is 25.7 Å². The maximum atomic E-state index is 11.0. The van der Waals surface area contributed by atoms with Crippen LogP contribution in [0.4, 0.5) is 0 Å². The Labute approximate surface area is 120 Å². The van der Waals surface area contributed by atoms with Crippen LogP contribution in [0.15, 0.2) is 24.3 Å². The van der Waals surface area contributed by atoms with E-state index in [0.717, 1.165) is 12.5 Å². The molecule has 0 spiro atoms. The number of aromatic carboxylic acids is 1. The molecule has 0 aromatic heterocycles. The third-order valence-corrected chi connectivity index (χ3v) is 4.05. The van der Waals surface area contributed by atoms with E-state index in [4.69, 9.17) is 9.84 Å². The van der Waals surface area contributed by atoms with Crippen molar-refractivity contribution in [1.29, 1.82) is 0 Å². The number of benzene rings is 1. The van der Waals surface area contributed by atoms with Crippen LogP contribution in [0.2, 0.25) is 0 Å². The van der Waals surface area contributed by atoms with Crippen LogP contribution in [-0.4, -0.2) is 30.3 Å². The highest BCUT2D eigenvalue weighted by Gasteiger charge is 2.20. The fourth-order valence-electron chi connectivity index (χ4n) is 2.84. The summed E-state index contributed by atoms with van der Waals surface area (Å²) in [7, 11) is 0. The second kappa shape index (κ2) is 7.29. The van der Waals surface area contributed by atoms with E-state index in [2.05, 4.69) is 12.2 Å². The van der Waals surface area contributed by atoms with Gasteiger partial charge in [-0.3, -0.25) is 0 Å². The quantitative estimate of drug-likeness (QED) is 0.752. The Bertz CT molecular complexity index is 441. The number of carboxylic acids is 1. The Kier molecular flexibility index (Phi) is 5.41. The topological polar surface area (TPSA) is 58.6 Å². The van der Waals surface area contributed by atoms with Crippen LogP contribution in [0, 0.1) is 5.92 Å². The van der Waals surface area contributed by atoms with Gasteiger partial charge in [0.1, 0.15) is 17.9 Å². The van der Waals surface area contributed by atoms with Crippen LogP contribution in [0.25, 0.3) is 0 Å². The smallest absolute Gasteiger partial charge is 0.339 e. The Morgan fingerprint density at radius 2 is 2.10 bits per heavy atom. The minimum absolute atomic E-state index is 0.219. The molecule has 0 amide bonds. The Balaban J connectivity index is 1.74. The molecule has 1 aliphatic carbocycles. The van der Waals surface area contributed by atoms with E-state index in [1.807, 2.05) is 0 Å². The Hall–Kier alpha value is -1.55. The zero-order valence-corrected chi connectivity index (χ0v) is 12.0. The molecule has 1 atom stereocenters. The predicted octanol–water partition coefficient (Wildman–Crippen LogP) is 2.93. The van der Waals surface area contributed by atoms with Gasteiger partial charge in [0, 0.05) is 12.6 Å². The zero-order chi connectivity index (χ0) is 14.4. The van der Waals surface area contributed by atoms with Crippen LogP contribution in [0.5, 0.6) is 5.75 Å². The highest BCUT2D eigenvalue weighted by molar-refractivity contribution is 5.90. The van der Waals surface area contributed by atoms with Gasteiger partial charge in [-0.2, -0.15) is 0 Å². The van der Waals surface area contributed by atoms with Gasteiger partial charge in [0.25, 0.3) is 0 Å². The van der Waals surface area contributed by atoms with Crippen molar-refractivity contribution in [2.24, 2.45) is 5.92 Å². The molecule has 1 aromatic rings. The average Bonchev–Trinajstić information content (AvgIpc) is 2.98. The first-order valence-electron chi connectivity index (χ1n) is 7.37. The van der Waals surface area contributed by atoms with Crippen LogP contribution in [0.1, 0.15) is 43.0 Å². The van der Waals surface area contributed by atoms with Crippen LogP contribution in [-0.2, 0) is 0 Å². The summed E-state index contributed by atoms with van der Waals surface area (Å²) in [5.74, 6) is 0.268. The van der Waals surface area contributed by atoms with E-state index in [0.29, 0.717) is 18.4 Å². The van der Waals surface area contributed by atoms with Crippen molar-refractivity contribution >= 4 is 5.97 Å². The molecule has 110 valence electrons. The van der Waals surface area contributed by atoms with E-state index in [9.17, 15) is 4.79 Å². The summed E-state index contributed by atoms with van der Waals surface area (Å²) >= 11 is 0. The molecule has 1 aromatic carbocycles. The molecule has 20 heavy (non-hydrogen) atoms. The molecule has 0 bridgehead atoms. The van der Waals surface area contributed by atoms with Crippen LogP contribution in [0.3, 0.4) is 0 Å². The van der Waals surface area contributed by atoms with Gasteiger partial charge in [0.05, 0.1) is 0 Å². The van der Waals surface area contributed by atoms with Crippen LogP contribution >= 0.6 is 0 Å². The van der Waals surface area contributed by atoms with Crippen molar-refractivity contribution in [2.75, 3.05) is 13.2 Å². The molecule has 1 saturated carbocycles. The maximum absolute atomic E-state index is 11.0. The number of carbonyl (C=O) groups is 1. The van der Waals surface area contributed by atoms with E-state index < -0.39 is 5.97 Å². The van der Waals surface area contributed by atoms with Crippen molar-refractivity contribution in [3.63, 3.8) is 0 Å². The summed E-state index contributed by atoms with van der Waals surface area (Å²) < 4.78 is 5.57. The highest BCUT2D eigenvalue weighted by atomic mass is 16.5. The van der Waals surface area contributed by atoms with Gasteiger partial charge < -0.3 is 15.2 Å². The fraction of sp³-hybridized carbons (Fsp3) is 0.562. The van der Waals surface area contributed by atoms with E-state index in [-0.39, 0.29) is 5.56 Å². The highest BCUT2D eigenvalue weighted by Crippen LogP contribution is 2.27. The second-order valence-electron chi connectivity index (χ2n) is 5.44. The average molecular weight is 277 g/mol. The molecule has 4 heteroatoms. The molecule has 0 heterocycles. The summed E-state index contributed by atoms with van der Waals surface area (Å²) in [5.41, 5.74) is 0.219. The molecular weight excluding hydrogens is 254 g/mol. The number of ether oxygens (including phenoxy) is 1. The lowest BCUT2D eigenvalue weighted by Crippen LogP contribution is -2.35. The third-order valence-electron chi connectivity index (χ3n) is 4.05. The summed E-state index contributed by atoms with van der Waals surface area (Å²) in [6, 6.07) is 7.26. The summed E-state index contributed by atoms with van der Waals surface area (Å²) in [5, 5.41) is 12.5. The molecule has 0 aliphatic heterocycles. The van der Waals surface area contributed by atoms with Gasteiger partial charge in [-0.1, -0.05) is 25.0 Å². The minimum Gasteiger partial charge on any atom is -0.491 e. The molecule has 4 nitrogen and oxygen atoms in total. The molecule has 0 saturated heterocycles. The lowest BCUT2D eigenvalue weighted by atomic mass is 10.00. The SMILES string of the molecule is CC(NCCOc1ccccc1C(=O)O)C1CCCC1. The van der Waals surface area contributed by atoms with Crippen molar-refractivity contribution in [2.45, 2.75) is 38.6 Å². The Morgan fingerprint density at radius 3 is 2.80 bits per heavy atom. The molecule has 0 radical (unpaired) electrons. The third kappa shape index (κ3) is 3.97. The fourth-order valence-corrected chi connectivity index (χ4v) is 2.84. The van der Waals surface area contributed by atoms with E-state index >= 15 is 0 Å². The minimum atomic E-state index is -0.951. The maximum Gasteiger partial charge on any atom is 0.339 e. The molecule has 2 rings (SSSR count). The molecule has 1 aliphatic rings. The molecule has 2 N–H and O–H groups in total. The predicted molar refractivity (Wildman–Crippen MR) is 78.3 cm³/mol. The number of rotatable bonds is 7. The van der Waals surface area contributed by atoms with Crippen molar-refractivity contribution in [1.82, 2.24) is 5.32 Å². The lowest BCUT2D eigenvalue weighted by Gasteiger charge is -2.20. The van der Waals surface area contributed by atoms with E-state index in [1.54, 1.807) is 24.3 Å². The molecular formula is C16H23NO3. The number of para-hydroxylation sites is 1. The first kappa shape index (κ1) is 14.9. The standard InChI is InChI=1S/C16H23NO3/c1-12(13-6-2-3-7-13)17-10-11-20-15-9-5-4-8-14(15)16(18)19/h4-5,8-9,12-13,17H,2-3,6-7,10-11H2,1H3,(H,18,19). The van der Waals surface area contributed by atoms with Gasteiger partial charge in [-0.15, -0.1) is 0 Å². The lowest BCUT2D eigenvalue weighted by molar-refractivity contribution is 0.0692. The second-order valence-corrected chi connectivity index (χ2v) is 5.44. The summed E-state index contributed by atoms with van der Waals surface area (Å²) in [6.45, 7) is 3.45. The van der Waals surface area contributed by atoms with Gasteiger partial charge >= 0.3 is 5.97 Å². The van der Waals surface area contributed by atoms with Gasteiger partial charge in [0.15, 0.2) is 0 Å². The van der Waals surface area contributed by atoms with Crippen molar-refractivity contribution in [3.8, 4) is 5.75 Å². The van der Waals surface area contributed by atoms with Crippen molar-refractivity contribution in [3.05, 3.63) is 29.8 Å². The molecule has 1 fully saturated rings. The van der Waals surface area contributed by atoms with Gasteiger partial charge in [-0.25, -0.2) is 4.79 Å². The van der Waals surface area contributed by atoms with Crippen LogP contribution < -0.4 is 10.1 Å². The van der Waals surface area contributed by atoms with Crippen molar-refractivity contribution < 1.29 is 14.6 Å². The first-order chi connectivity index (χ1) is 9.68. The largest absolute Gasteiger partial charge is 0.491 e. The summed E-state index contributed by atoms with van der Waals surface area (Å²) in [6.07, 6.45) is 5.33.